The van der Waals surface area contributed by atoms with Crippen LogP contribution in [0, 0.1) is 17.8 Å². The van der Waals surface area contributed by atoms with E-state index in [0.717, 1.165) is 36.2 Å². The third-order valence-corrected chi connectivity index (χ3v) is 6.57. The molecular formula is C20H22ClN3O. The molecule has 2 aromatic rings. The molecule has 2 N–H and O–H groups in total. The Labute approximate surface area is 152 Å². The molecule has 4 aliphatic rings. The molecule has 4 bridgehead atoms. The van der Waals surface area contributed by atoms with Gasteiger partial charge < -0.3 is 10.4 Å². The molecule has 5 heteroatoms. The molecule has 0 spiro atoms. The number of hydrogen-bond donors (Lipinski definition) is 2. The largest absolute Gasteiger partial charge is 0.390 e. The van der Waals surface area contributed by atoms with E-state index in [1.165, 1.54) is 12.8 Å². The molecule has 4 nitrogen and oxygen atoms in total. The lowest BCUT2D eigenvalue weighted by atomic mass is 9.52. The number of anilines is 1. The van der Waals surface area contributed by atoms with Crippen LogP contribution in [0.15, 0.2) is 36.5 Å². The summed E-state index contributed by atoms with van der Waals surface area (Å²) < 4.78 is 0. The molecule has 0 saturated heterocycles. The van der Waals surface area contributed by atoms with E-state index in [4.69, 9.17) is 11.6 Å². The average Bonchev–Trinajstić information content (AvgIpc) is 2.57. The predicted octanol–water partition coefficient (Wildman–Crippen LogP) is 4.15. The van der Waals surface area contributed by atoms with Crippen molar-refractivity contribution >= 4 is 17.4 Å². The van der Waals surface area contributed by atoms with Gasteiger partial charge in [-0.3, -0.25) is 0 Å². The van der Waals surface area contributed by atoms with Crippen LogP contribution >= 0.6 is 11.6 Å². The summed E-state index contributed by atoms with van der Waals surface area (Å²) >= 11 is 6.09. The number of benzene rings is 1. The first kappa shape index (κ1) is 15.6. The van der Waals surface area contributed by atoms with Gasteiger partial charge in [-0.25, -0.2) is 9.97 Å². The number of nitrogens with zero attached hydrogens (tertiary/aromatic N) is 2. The Bertz CT molecular complexity index is 781. The van der Waals surface area contributed by atoms with E-state index in [1.807, 2.05) is 18.2 Å². The van der Waals surface area contributed by atoms with Crippen LogP contribution in [0.25, 0.3) is 11.1 Å². The summed E-state index contributed by atoms with van der Waals surface area (Å²) in [7, 11) is 0. The molecule has 1 aromatic carbocycles. The van der Waals surface area contributed by atoms with Gasteiger partial charge in [0, 0.05) is 17.8 Å². The average molecular weight is 356 g/mol. The fourth-order valence-electron chi connectivity index (χ4n) is 5.67. The van der Waals surface area contributed by atoms with Crippen molar-refractivity contribution < 1.29 is 5.11 Å². The van der Waals surface area contributed by atoms with Gasteiger partial charge in [0.2, 0.25) is 5.28 Å². The Hall–Kier alpha value is -1.65. The van der Waals surface area contributed by atoms with E-state index in [1.54, 1.807) is 6.20 Å². The quantitative estimate of drug-likeness (QED) is 0.812. The Morgan fingerprint density at radius 2 is 1.80 bits per heavy atom. The molecular weight excluding hydrogens is 334 g/mol. The fourth-order valence-corrected chi connectivity index (χ4v) is 5.81. The molecule has 25 heavy (non-hydrogen) atoms. The lowest BCUT2D eigenvalue weighted by molar-refractivity contribution is -0.129. The monoisotopic (exact) mass is 355 g/mol. The number of aliphatic hydroxyl groups is 1. The van der Waals surface area contributed by atoms with E-state index in [2.05, 4.69) is 27.4 Å². The molecule has 0 aliphatic heterocycles. The Morgan fingerprint density at radius 3 is 2.48 bits per heavy atom. The normalized spacial score (nSPS) is 35.8. The molecule has 0 radical (unpaired) electrons. The van der Waals surface area contributed by atoms with Crippen LogP contribution < -0.4 is 5.32 Å². The van der Waals surface area contributed by atoms with Gasteiger partial charge in [0.05, 0.1) is 5.60 Å². The van der Waals surface area contributed by atoms with Crippen LogP contribution in [0.2, 0.25) is 5.28 Å². The highest BCUT2D eigenvalue weighted by Crippen LogP contribution is 2.56. The molecule has 2 atom stereocenters. The second kappa shape index (κ2) is 5.68. The zero-order valence-electron chi connectivity index (χ0n) is 14.0. The summed E-state index contributed by atoms with van der Waals surface area (Å²) in [4.78, 5) is 8.69. The SMILES string of the molecule is OC12CC3CC(C1)C(Nc1nc(Cl)ncc1-c1ccccc1)C(C3)C2. The van der Waals surface area contributed by atoms with Crippen LogP contribution in [-0.2, 0) is 0 Å². The first-order valence-electron chi connectivity index (χ1n) is 9.16. The Morgan fingerprint density at radius 1 is 1.08 bits per heavy atom. The summed E-state index contributed by atoms with van der Waals surface area (Å²) in [5, 5.41) is 14.8. The second-order valence-corrected chi connectivity index (χ2v) is 8.47. The molecule has 1 aromatic heterocycles. The van der Waals surface area contributed by atoms with E-state index in [-0.39, 0.29) is 5.28 Å². The van der Waals surface area contributed by atoms with Crippen molar-refractivity contribution in [2.45, 2.75) is 43.7 Å². The van der Waals surface area contributed by atoms with Crippen LogP contribution in [0.1, 0.15) is 32.1 Å². The molecule has 1 heterocycles. The topological polar surface area (TPSA) is 58.0 Å². The van der Waals surface area contributed by atoms with Crippen molar-refractivity contribution in [3.63, 3.8) is 0 Å². The first-order chi connectivity index (χ1) is 12.1. The van der Waals surface area contributed by atoms with E-state index in [9.17, 15) is 5.11 Å². The lowest BCUT2D eigenvalue weighted by Crippen LogP contribution is -2.59. The predicted molar refractivity (Wildman–Crippen MR) is 98.4 cm³/mol. The summed E-state index contributed by atoms with van der Waals surface area (Å²) in [5.74, 6) is 2.56. The van der Waals surface area contributed by atoms with E-state index >= 15 is 0 Å². The van der Waals surface area contributed by atoms with E-state index in [0.29, 0.717) is 23.8 Å². The molecule has 130 valence electrons. The van der Waals surface area contributed by atoms with Gasteiger partial charge >= 0.3 is 0 Å². The van der Waals surface area contributed by atoms with Gasteiger partial charge in [-0.05, 0) is 67.0 Å². The second-order valence-electron chi connectivity index (χ2n) is 8.13. The third kappa shape index (κ3) is 2.72. The molecule has 2 unspecified atom stereocenters. The van der Waals surface area contributed by atoms with Gasteiger partial charge in [-0.2, -0.15) is 0 Å². The van der Waals surface area contributed by atoms with E-state index < -0.39 is 5.60 Å². The van der Waals surface area contributed by atoms with Gasteiger partial charge in [0.1, 0.15) is 5.82 Å². The van der Waals surface area contributed by atoms with Crippen LogP contribution in [0.5, 0.6) is 0 Å². The fraction of sp³-hybridized carbons (Fsp3) is 0.500. The molecule has 4 fully saturated rings. The highest BCUT2D eigenvalue weighted by Gasteiger charge is 2.54. The number of rotatable bonds is 3. The van der Waals surface area contributed by atoms with Crippen molar-refractivity contribution in [1.82, 2.24) is 9.97 Å². The maximum Gasteiger partial charge on any atom is 0.224 e. The zero-order valence-corrected chi connectivity index (χ0v) is 14.8. The van der Waals surface area contributed by atoms with Crippen LogP contribution in [0.4, 0.5) is 5.82 Å². The summed E-state index contributed by atoms with van der Waals surface area (Å²) in [6.45, 7) is 0. The van der Waals surface area contributed by atoms with Crippen molar-refractivity contribution in [3.05, 3.63) is 41.8 Å². The number of halogens is 1. The number of aromatic nitrogens is 2. The minimum atomic E-state index is -0.416. The maximum atomic E-state index is 10.8. The van der Waals surface area contributed by atoms with Crippen LogP contribution in [0.3, 0.4) is 0 Å². The summed E-state index contributed by atoms with van der Waals surface area (Å²) in [6, 6.07) is 10.5. The van der Waals surface area contributed by atoms with Gasteiger partial charge in [0.25, 0.3) is 0 Å². The van der Waals surface area contributed by atoms with Gasteiger partial charge in [-0.15, -0.1) is 0 Å². The van der Waals surface area contributed by atoms with Crippen molar-refractivity contribution in [2.75, 3.05) is 5.32 Å². The standard InChI is InChI=1S/C20H22ClN3O/c21-19-22-11-16(13-4-2-1-3-5-13)18(24-19)23-17-14-6-12-7-15(17)10-20(25,8-12)9-14/h1-5,11-12,14-15,17,25H,6-10H2,(H,22,23,24). The van der Waals surface area contributed by atoms with Gasteiger partial charge in [0.15, 0.2) is 0 Å². The minimum Gasteiger partial charge on any atom is -0.390 e. The third-order valence-electron chi connectivity index (χ3n) is 6.39. The maximum absolute atomic E-state index is 10.8. The Kier molecular flexibility index (Phi) is 3.54. The van der Waals surface area contributed by atoms with Gasteiger partial charge in [-0.1, -0.05) is 30.3 Å². The summed E-state index contributed by atoms with van der Waals surface area (Å²) in [5.41, 5.74) is 1.65. The molecule has 4 saturated carbocycles. The highest BCUT2D eigenvalue weighted by atomic mass is 35.5. The number of hydrogen-bond acceptors (Lipinski definition) is 4. The molecule has 4 aliphatic carbocycles. The van der Waals surface area contributed by atoms with Crippen molar-refractivity contribution in [1.29, 1.82) is 0 Å². The highest BCUT2D eigenvalue weighted by molar-refractivity contribution is 6.28. The first-order valence-corrected chi connectivity index (χ1v) is 9.54. The zero-order chi connectivity index (χ0) is 17.0. The lowest BCUT2D eigenvalue weighted by Gasteiger charge is -2.58. The smallest absolute Gasteiger partial charge is 0.224 e. The van der Waals surface area contributed by atoms with Crippen molar-refractivity contribution in [3.8, 4) is 11.1 Å². The van der Waals surface area contributed by atoms with Crippen LogP contribution in [-0.4, -0.2) is 26.7 Å². The summed E-state index contributed by atoms with van der Waals surface area (Å²) in [6.07, 6.45) is 7.07. The minimum absolute atomic E-state index is 0.268. The molecule has 6 rings (SSSR count). The van der Waals surface area contributed by atoms with Crippen molar-refractivity contribution in [2.24, 2.45) is 17.8 Å². The Balaban J connectivity index is 1.48. The number of nitrogens with one attached hydrogen (secondary N) is 1. The molecule has 0 amide bonds.